The second-order valence-corrected chi connectivity index (χ2v) is 16.5. The number of amides is 1. The van der Waals surface area contributed by atoms with Gasteiger partial charge in [-0.05, 0) is 64.2 Å². The molecule has 11 nitrogen and oxygen atoms in total. The zero-order valence-electron chi connectivity index (χ0n) is 36.5. The van der Waals surface area contributed by atoms with E-state index < -0.39 is 74.2 Å². The molecule has 1 fully saturated rings. The van der Waals surface area contributed by atoms with Gasteiger partial charge in [-0.3, -0.25) is 4.79 Å². The summed E-state index contributed by atoms with van der Waals surface area (Å²) in [6.07, 6.45) is 30.6. The van der Waals surface area contributed by atoms with Gasteiger partial charge in [-0.2, -0.15) is 0 Å². The molecule has 0 aromatic rings. The zero-order chi connectivity index (χ0) is 42.6. The lowest BCUT2D eigenvalue weighted by Gasteiger charge is -2.40. The highest BCUT2D eigenvalue weighted by Gasteiger charge is 2.44. The summed E-state index contributed by atoms with van der Waals surface area (Å²) in [5, 5.41) is 75.5. The Bertz CT molecular complexity index is 1040. The van der Waals surface area contributed by atoms with Gasteiger partial charge in [-0.15, -0.1) is 0 Å². The lowest BCUT2D eigenvalue weighted by Crippen LogP contribution is -2.60. The van der Waals surface area contributed by atoms with E-state index in [9.17, 15) is 40.5 Å². The van der Waals surface area contributed by atoms with Gasteiger partial charge >= 0.3 is 0 Å². The summed E-state index contributed by atoms with van der Waals surface area (Å²) in [4.78, 5) is 13.0. The van der Waals surface area contributed by atoms with Gasteiger partial charge in [0.1, 0.15) is 36.6 Å². The SMILES string of the molecule is CCCCCCCCCC/C=C/CC/C=C/CC/C=C/CCCC(O)C(O)C(COC1OC(CO)C(O)C(O)C1O)NC(=O)C(O)CCCCCCCCCCCC. The first-order valence-corrected chi connectivity index (χ1v) is 23.4. The molecule has 1 amide bonds. The molecule has 9 atom stereocenters. The van der Waals surface area contributed by atoms with Gasteiger partial charge in [0.25, 0.3) is 0 Å². The summed E-state index contributed by atoms with van der Waals surface area (Å²) in [5.74, 6) is -0.716. The summed E-state index contributed by atoms with van der Waals surface area (Å²) < 4.78 is 11.1. The highest BCUT2D eigenvalue weighted by Crippen LogP contribution is 2.23. The molecule has 0 aromatic carbocycles. The van der Waals surface area contributed by atoms with E-state index in [2.05, 4.69) is 55.6 Å². The van der Waals surface area contributed by atoms with Gasteiger partial charge in [-0.25, -0.2) is 0 Å². The Morgan fingerprint density at radius 1 is 0.586 bits per heavy atom. The van der Waals surface area contributed by atoms with Crippen LogP contribution in [0.25, 0.3) is 0 Å². The molecule has 0 aliphatic carbocycles. The number of ether oxygens (including phenoxy) is 2. The van der Waals surface area contributed by atoms with Crippen molar-refractivity contribution in [2.75, 3.05) is 13.2 Å². The Morgan fingerprint density at radius 2 is 1.03 bits per heavy atom. The smallest absolute Gasteiger partial charge is 0.249 e. The topological polar surface area (TPSA) is 189 Å². The fraction of sp³-hybridized carbons (Fsp3) is 0.851. The third kappa shape index (κ3) is 26.5. The van der Waals surface area contributed by atoms with E-state index in [1.165, 1.54) is 96.3 Å². The number of carbonyl (C=O) groups excluding carboxylic acids is 1. The number of rotatable bonds is 38. The number of nitrogens with one attached hydrogen (secondary N) is 1. The second kappa shape index (κ2) is 37.1. The molecule has 0 bridgehead atoms. The van der Waals surface area contributed by atoms with Crippen LogP contribution in [0.15, 0.2) is 36.5 Å². The minimum atomic E-state index is -1.67. The third-order valence-corrected chi connectivity index (χ3v) is 11.2. The van der Waals surface area contributed by atoms with Gasteiger partial charge in [-0.1, -0.05) is 159 Å². The number of aliphatic hydroxyl groups excluding tert-OH is 7. The maximum Gasteiger partial charge on any atom is 0.249 e. The average molecular weight is 826 g/mol. The van der Waals surface area contributed by atoms with Crippen molar-refractivity contribution in [1.29, 1.82) is 0 Å². The molecule has 11 heteroatoms. The first kappa shape index (κ1) is 54.3. The summed E-state index contributed by atoms with van der Waals surface area (Å²) >= 11 is 0. The predicted octanol–water partition coefficient (Wildman–Crippen LogP) is 7.61. The van der Waals surface area contributed by atoms with Gasteiger partial charge in [0, 0.05) is 0 Å². The molecule has 1 rings (SSSR count). The minimum absolute atomic E-state index is 0.242. The van der Waals surface area contributed by atoms with Crippen molar-refractivity contribution in [1.82, 2.24) is 5.32 Å². The average Bonchev–Trinajstić information content (AvgIpc) is 3.22. The van der Waals surface area contributed by atoms with Gasteiger partial charge in [0.05, 0.1) is 25.4 Å². The number of hydrogen-bond donors (Lipinski definition) is 8. The van der Waals surface area contributed by atoms with Crippen molar-refractivity contribution < 1.29 is 50.0 Å². The van der Waals surface area contributed by atoms with Crippen molar-refractivity contribution >= 4 is 5.91 Å². The lowest BCUT2D eigenvalue weighted by molar-refractivity contribution is -0.303. The largest absolute Gasteiger partial charge is 0.394 e. The monoisotopic (exact) mass is 826 g/mol. The van der Waals surface area contributed by atoms with Crippen LogP contribution in [0.3, 0.4) is 0 Å². The normalized spacial score (nSPS) is 22.3. The van der Waals surface area contributed by atoms with Crippen molar-refractivity contribution in [3.05, 3.63) is 36.5 Å². The van der Waals surface area contributed by atoms with E-state index in [1.54, 1.807) is 0 Å². The van der Waals surface area contributed by atoms with E-state index in [1.807, 2.05) is 0 Å². The molecule has 1 saturated heterocycles. The number of allylic oxidation sites excluding steroid dienone is 6. The van der Waals surface area contributed by atoms with Crippen molar-refractivity contribution in [3.63, 3.8) is 0 Å². The van der Waals surface area contributed by atoms with Crippen LogP contribution in [0.5, 0.6) is 0 Å². The second-order valence-electron chi connectivity index (χ2n) is 16.5. The van der Waals surface area contributed by atoms with E-state index in [4.69, 9.17) is 9.47 Å². The van der Waals surface area contributed by atoms with E-state index in [0.29, 0.717) is 19.3 Å². The van der Waals surface area contributed by atoms with Crippen LogP contribution in [-0.2, 0) is 14.3 Å². The molecule has 9 unspecified atom stereocenters. The van der Waals surface area contributed by atoms with Crippen LogP contribution in [-0.4, -0.2) is 110 Å². The molecule has 8 N–H and O–H groups in total. The highest BCUT2D eigenvalue weighted by molar-refractivity contribution is 5.80. The van der Waals surface area contributed by atoms with E-state index >= 15 is 0 Å². The van der Waals surface area contributed by atoms with Gasteiger partial charge < -0.3 is 50.5 Å². The van der Waals surface area contributed by atoms with E-state index in [0.717, 1.165) is 44.9 Å². The molecule has 340 valence electrons. The summed E-state index contributed by atoms with van der Waals surface area (Å²) in [6, 6.07) is -1.19. The van der Waals surface area contributed by atoms with Crippen LogP contribution < -0.4 is 5.32 Å². The van der Waals surface area contributed by atoms with Gasteiger partial charge in [0.2, 0.25) is 5.91 Å². The molecular weight excluding hydrogens is 739 g/mol. The van der Waals surface area contributed by atoms with Crippen LogP contribution in [0.2, 0.25) is 0 Å². The Hall–Kier alpha value is -1.67. The van der Waals surface area contributed by atoms with Crippen molar-refractivity contribution in [2.45, 2.75) is 242 Å². The Morgan fingerprint density at radius 3 is 1.53 bits per heavy atom. The zero-order valence-corrected chi connectivity index (χ0v) is 36.5. The molecule has 0 aromatic heterocycles. The maximum atomic E-state index is 13.0. The van der Waals surface area contributed by atoms with Crippen LogP contribution >= 0.6 is 0 Å². The minimum Gasteiger partial charge on any atom is -0.394 e. The van der Waals surface area contributed by atoms with Crippen LogP contribution in [0.4, 0.5) is 0 Å². The number of carbonyl (C=O) groups is 1. The molecule has 1 heterocycles. The third-order valence-electron chi connectivity index (χ3n) is 11.2. The number of unbranched alkanes of at least 4 members (excludes halogenated alkanes) is 20. The van der Waals surface area contributed by atoms with E-state index in [-0.39, 0.29) is 12.8 Å². The predicted molar refractivity (Wildman–Crippen MR) is 233 cm³/mol. The summed E-state index contributed by atoms with van der Waals surface area (Å²) in [5.41, 5.74) is 0. The molecule has 0 radical (unpaired) electrons. The summed E-state index contributed by atoms with van der Waals surface area (Å²) in [6.45, 7) is 3.38. The Kier molecular flexibility index (Phi) is 34.8. The molecule has 0 spiro atoms. The first-order chi connectivity index (χ1) is 28.2. The number of hydrogen-bond acceptors (Lipinski definition) is 10. The molecule has 58 heavy (non-hydrogen) atoms. The molecule has 1 aliphatic rings. The highest BCUT2D eigenvalue weighted by atomic mass is 16.7. The first-order valence-electron chi connectivity index (χ1n) is 23.4. The Labute approximate surface area is 352 Å². The summed E-state index contributed by atoms with van der Waals surface area (Å²) in [7, 11) is 0. The Balaban J connectivity index is 2.46. The standard InChI is InChI=1S/C47H87NO10/c1-3-5-7-9-11-13-15-16-17-18-19-20-21-22-23-24-25-27-28-30-32-34-39(50)42(52)38(37-57-47-45(55)44(54)43(53)41(36-49)58-47)48-46(56)40(51)35-33-31-29-26-14-12-10-8-6-4-2/h18-19,22-23,27-28,38-45,47,49-55H,3-17,20-21,24-26,29-37H2,1-2H3,(H,48,56)/b19-18+,23-22+,28-27+. The fourth-order valence-electron chi connectivity index (χ4n) is 7.24. The van der Waals surface area contributed by atoms with Crippen molar-refractivity contribution in [2.24, 2.45) is 0 Å². The lowest BCUT2D eigenvalue weighted by atomic mass is 9.98. The number of aliphatic hydroxyl groups is 7. The quantitative estimate of drug-likeness (QED) is 0.0227. The molecular formula is C47H87NO10. The molecule has 0 saturated carbocycles. The van der Waals surface area contributed by atoms with Crippen LogP contribution in [0.1, 0.15) is 187 Å². The fourth-order valence-corrected chi connectivity index (χ4v) is 7.24. The van der Waals surface area contributed by atoms with Crippen molar-refractivity contribution in [3.8, 4) is 0 Å². The maximum absolute atomic E-state index is 13.0. The van der Waals surface area contributed by atoms with Crippen LogP contribution in [0, 0.1) is 0 Å². The van der Waals surface area contributed by atoms with Gasteiger partial charge in [0.15, 0.2) is 6.29 Å². The molecule has 1 aliphatic heterocycles.